The van der Waals surface area contributed by atoms with Gasteiger partial charge in [-0.25, -0.2) is 4.79 Å². The van der Waals surface area contributed by atoms with Crippen LogP contribution in [0.5, 0.6) is 23.0 Å². The maximum absolute atomic E-state index is 12.6. The molecule has 0 radical (unpaired) electrons. The highest BCUT2D eigenvalue weighted by molar-refractivity contribution is 5.96. The van der Waals surface area contributed by atoms with E-state index in [0.29, 0.717) is 16.7 Å². The third-order valence-electron chi connectivity index (χ3n) is 4.22. The van der Waals surface area contributed by atoms with E-state index in [9.17, 15) is 14.9 Å². The van der Waals surface area contributed by atoms with Gasteiger partial charge in [-0.1, -0.05) is 0 Å². The summed E-state index contributed by atoms with van der Waals surface area (Å²) in [4.78, 5) is 22.9. The monoisotopic (exact) mass is 387 g/mol. The van der Waals surface area contributed by atoms with Crippen molar-refractivity contribution in [2.45, 2.75) is 0 Å². The zero-order chi connectivity index (χ0) is 20.4. The predicted octanol–water partition coefficient (Wildman–Crippen LogP) is 3.40. The van der Waals surface area contributed by atoms with E-state index in [1.54, 1.807) is 6.07 Å². The summed E-state index contributed by atoms with van der Waals surface area (Å²) in [6.45, 7) is 0. The van der Waals surface area contributed by atoms with Gasteiger partial charge < -0.3 is 23.4 Å². The molecule has 3 aromatic rings. The van der Waals surface area contributed by atoms with Gasteiger partial charge >= 0.3 is 5.63 Å². The summed E-state index contributed by atoms with van der Waals surface area (Å²) in [6, 6.07) is 7.13. The van der Waals surface area contributed by atoms with E-state index in [2.05, 4.69) is 0 Å². The first-order chi connectivity index (χ1) is 13.5. The van der Waals surface area contributed by atoms with Crippen LogP contribution in [0.25, 0.3) is 22.1 Å². The van der Waals surface area contributed by atoms with E-state index in [4.69, 9.17) is 23.4 Å². The molecule has 0 saturated carbocycles. The Kier molecular flexibility index (Phi) is 5.08. The second-order valence-electron chi connectivity index (χ2n) is 5.63. The first kappa shape index (κ1) is 19.0. The zero-order valence-corrected chi connectivity index (χ0v) is 15.6. The van der Waals surface area contributed by atoms with Crippen LogP contribution in [0.2, 0.25) is 0 Å². The molecule has 9 nitrogen and oxygen atoms in total. The number of nitro benzene ring substituents is 1. The summed E-state index contributed by atoms with van der Waals surface area (Å²) in [5, 5.41) is 11.3. The minimum Gasteiger partial charge on any atom is -0.492 e. The Balaban J connectivity index is 2.35. The number of benzene rings is 2. The molecule has 0 fully saturated rings. The Morgan fingerprint density at radius 3 is 1.89 bits per heavy atom. The number of fused-ring (bicyclic) bond motifs is 1. The fourth-order valence-electron chi connectivity index (χ4n) is 2.96. The molecule has 0 bridgehead atoms. The fraction of sp³-hybridized carbons (Fsp3) is 0.211. The van der Waals surface area contributed by atoms with Crippen LogP contribution in [0.1, 0.15) is 0 Å². The van der Waals surface area contributed by atoms with E-state index in [1.807, 2.05) is 0 Å². The third-order valence-corrected chi connectivity index (χ3v) is 4.22. The van der Waals surface area contributed by atoms with Gasteiger partial charge in [-0.15, -0.1) is 0 Å². The average Bonchev–Trinajstić information content (AvgIpc) is 2.71. The highest BCUT2D eigenvalue weighted by Gasteiger charge is 2.26. The van der Waals surface area contributed by atoms with Crippen molar-refractivity contribution in [2.75, 3.05) is 28.4 Å². The molecular weight excluding hydrogens is 370 g/mol. The van der Waals surface area contributed by atoms with Crippen LogP contribution in [0.4, 0.5) is 5.69 Å². The zero-order valence-electron chi connectivity index (χ0n) is 15.6. The van der Waals surface area contributed by atoms with Gasteiger partial charge in [0.15, 0.2) is 11.3 Å². The van der Waals surface area contributed by atoms with Crippen LogP contribution < -0.4 is 24.6 Å². The summed E-state index contributed by atoms with van der Waals surface area (Å²) < 4.78 is 27.1. The molecule has 0 unspecified atom stereocenters. The van der Waals surface area contributed by atoms with Crippen molar-refractivity contribution < 1.29 is 28.3 Å². The summed E-state index contributed by atoms with van der Waals surface area (Å²) in [5.41, 5.74) is 0.0631. The lowest BCUT2D eigenvalue weighted by Gasteiger charge is -2.17. The highest BCUT2D eigenvalue weighted by atomic mass is 16.6. The molecule has 9 heteroatoms. The van der Waals surface area contributed by atoms with Crippen LogP contribution in [0.3, 0.4) is 0 Å². The lowest BCUT2D eigenvalue weighted by atomic mass is 10.0. The molecule has 1 aromatic heterocycles. The van der Waals surface area contributed by atoms with E-state index < -0.39 is 10.5 Å². The van der Waals surface area contributed by atoms with Gasteiger partial charge in [0, 0.05) is 12.1 Å². The maximum atomic E-state index is 12.6. The molecule has 0 saturated heterocycles. The smallest absolute Gasteiger partial charge is 0.344 e. The number of non-ortho nitro benzene ring substituents is 1. The molecule has 28 heavy (non-hydrogen) atoms. The van der Waals surface area contributed by atoms with Crippen molar-refractivity contribution in [3.05, 3.63) is 50.9 Å². The van der Waals surface area contributed by atoms with Crippen molar-refractivity contribution in [1.29, 1.82) is 0 Å². The topological polar surface area (TPSA) is 110 Å². The highest BCUT2D eigenvalue weighted by Crippen LogP contribution is 2.50. The van der Waals surface area contributed by atoms with Crippen molar-refractivity contribution in [3.63, 3.8) is 0 Å². The first-order valence-electron chi connectivity index (χ1n) is 8.05. The van der Waals surface area contributed by atoms with E-state index in [-0.39, 0.29) is 34.1 Å². The van der Waals surface area contributed by atoms with E-state index in [1.165, 1.54) is 52.7 Å². The molecule has 0 amide bonds. The second-order valence-corrected chi connectivity index (χ2v) is 5.63. The van der Waals surface area contributed by atoms with E-state index in [0.717, 1.165) is 0 Å². The molecule has 0 aliphatic heterocycles. The number of rotatable bonds is 6. The Hall–Kier alpha value is -3.75. The molecule has 2 aromatic carbocycles. The van der Waals surface area contributed by atoms with Crippen LogP contribution in [-0.2, 0) is 0 Å². The quantitative estimate of drug-likeness (QED) is 0.359. The van der Waals surface area contributed by atoms with Crippen molar-refractivity contribution in [3.8, 4) is 34.1 Å². The summed E-state index contributed by atoms with van der Waals surface area (Å²) in [6.07, 6.45) is 0. The molecule has 3 rings (SSSR count). The standard InChI is InChI=1S/C19H17NO8/c1-24-14-13-9-12(10-5-7-11(8-6-10)20(22)23)19(21)28-15(13)17(26-3)18(27-4)16(14)25-2/h5-9H,1-4H3. The summed E-state index contributed by atoms with van der Waals surface area (Å²) >= 11 is 0. The van der Waals surface area contributed by atoms with Gasteiger partial charge in [-0.05, 0) is 23.8 Å². The van der Waals surface area contributed by atoms with Crippen LogP contribution in [0, 0.1) is 10.1 Å². The van der Waals surface area contributed by atoms with Gasteiger partial charge in [0.05, 0.1) is 44.3 Å². The lowest BCUT2D eigenvalue weighted by molar-refractivity contribution is -0.384. The molecule has 146 valence electrons. The van der Waals surface area contributed by atoms with Crippen LogP contribution >= 0.6 is 0 Å². The first-order valence-corrected chi connectivity index (χ1v) is 8.05. The van der Waals surface area contributed by atoms with E-state index >= 15 is 0 Å². The number of hydrogen-bond donors (Lipinski definition) is 0. The molecule has 0 aliphatic rings. The third kappa shape index (κ3) is 2.96. The minimum atomic E-state index is -0.645. The number of methoxy groups -OCH3 is 4. The van der Waals surface area contributed by atoms with Gasteiger partial charge in [-0.2, -0.15) is 0 Å². The Morgan fingerprint density at radius 2 is 1.39 bits per heavy atom. The largest absolute Gasteiger partial charge is 0.492 e. The SMILES string of the molecule is COc1c(OC)c(OC)c2oc(=O)c(-c3ccc([N+](=O)[O-])cc3)cc2c1OC. The van der Waals surface area contributed by atoms with Crippen LogP contribution in [0.15, 0.2) is 39.5 Å². The normalized spacial score (nSPS) is 10.6. The minimum absolute atomic E-state index is 0.0837. The summed E-state index contributed by atoms with van der Waals surface area (Å²) in [5.74, 6) is 0.975. The number of nitrogens with zero attached hydrogens (tertiary/aromatic N) is 1. The van der Waals surface area contributed by atoms with Gasteiger partial charge in [0.25, 0.3) is 5.69 Å². The van der Waals surface area contributed by atoms with Crippen molar-refractivity contribution in [1.82, 2.24) is 0 Å². The molecule has 0 atom stereocenters. The predicted molar refractivity (Wildman–Crippen MR) is 101 cm³/mol. The average molecular weight is 387 g/mol. The van der Waals surface area contributed by atoms with Gasteiger partial charge in [0.1, 0.15) is 0 Å². The number of hydrogen-bond acceptors (Lipinski definition) is 8. The Morgan fingerprint density at radius 1 is 0.857 bits per heavy atom. The number of ether oxygens (including phenoxy) is 4. The van der Waals surface area contributed by atoms with Gasteiger partial charge in [-0.3, -0.25) is 10.1 Å². The molecule has 0 N–H and O–H groups in total. The molecule has 0 spiro atoms. The lowest BCUT2D eigenvalue weighted by Crippen LogP contribution is -2.06. The Bertz CT molecular complexity index is 1100. The molecular formula is C19H17NO8. The molecule has 1 heterocycles. The van der Waals surface area contributed by atoms with Crippen LogP contribution in [-0.4, -0.2) is 33.4 Å². The van der Waals surface area contributed by atoms with Crippen molar-refractivity contribution in [2.24, 2.45) is 0 Å². The summed E-state index contributed by atoms with van der Waals surface area (Å²) in [7, 11) is 5.73. The Labute approximate surface area is 159 Å². The van der Waals surface area contributed by atoms with Gasteiger partial charge in [0.2, 0.25) is 17.2 Å². The van der Waals surface area contributed by atoms with Crippen molar-refractivity contribution >= 4 is 16.7 Å². The molecule has 0 aliphatic carbocycles. The fourth-order valence-corrected chi connectivity index (χ4v) is 2.96. The second kappa shape index (κ2) is 7.47. The number of nitro groups is 1. The maximum Gasteiger partial charge on any atom is 0.344 e.